The Labute approximate surface area is 119 Å². The summed E-state index contributed by atoms with van der Waals surface area (Å²) in [4.78, 5) is 12.3. The summed E-state index contributed by atoms with van der Waals surface area (Å²) in [6.45, 7) is 6.95. The van der Waals surface area contributed by atoms with E-state index in [4.69, 9.17) is 16.3 Å². The molecule has 0 radical (unpaired) electrons. The third kappa shape index (κ3) is 4.20. The van der Waals surface area contributed by atoms with E-state index in [-0.39, 0.29) is 17.4 Å². The Kier molecular flexibility index (Phi) is 4.45. The fourth-order valence-electron chi connectivity index (χ4n) is 2.16. The van der Waals surface area contributed by atoms with E-state index in [0.29, 0.717) is 11.4 Å². The number of rotatable bonds is 7. The Balaban J connectivity index is 1.98. The van der Waals surface area contributed by atoms with E-state index in [0.717, 1.165) is 6.54 Å². The lowest BCUT2D eigenvalue weighted by atomic mass is 10.0. The van der Waals surface area contributed by atoms with Crippen molar-refractivity contribution >= 4 is 17.5 Å². The summed E-state index contributed by atoms with van der Waals surface area (Å²) in [5, 5.41) is 3.42. The van der Waals surface area contributed by atoms with Crippen LogP contribution >= 0.6 is 11.6 Å². The molecule has 0 aliphatic heterocycles. The average Bonchev–Trinajstić information content (AvgIpc) is 3.06. The van der Waals surface area contributed by atoms with Crippen molar-refractivity contribution < 1.29 is 4.74 Å². The summed E-state index contributed by atoms with van der Waals surface area (Å²) in [5.74, 6) is 0.498. The maximum absolute atomic E-state index is 5.88. The quantitative estimate of drug-likeness (QED) is 0.832. The minimum absolute atomic E-state index is 0.0150. The largest absolute Gasteiger partial charge is 0.461 e. The van der Waals surface area contributed by atoms with Gasteiger partial charge in [0.2, 0.25) is 11.2 Å². The first-order chi connectivity index (χ1) is 9.03. The first kappa shape index (κ1) is 14.3. The SMILES string of the molecule is CCCC1(CNc2nc(Cl)nc(OC(C)C)n2)CC1. The average molecular weight is 285 g/mol. The second-order valence-electron chi connectivity index (χ2n) is 5.48. The third-order valence-electron chi connectivity index (χ3n) is 3.29. The lowest BCUT2D eigenvalue weighted by Gasteiger charge is -2.15. The number of hydrogen-bond acceptors (Lipinski definition) is 5. The predicted octanol–water partition coefficient (Wildman–Crippen LogP) is 3.30. The van der Waals surface area contributed by atoms with Gasteiger partial charge < -0.3 is 10.1 Å². The highest BCUT2D eigenvalue weighted by molar-refractivity contribution is 6.28. The van der Waals surface area contributed by atoms with Gasteiger partial charge in [-0.25, -0.2) is 0 Å². The van der Waals surface area contributed by atoms with Crippen LogP contribution in [0.25, 0.3) is 0 Å². The van der Waals surface area contributed by atoms with Crippen molar-refractivity contribution in [3.05, 3.63) is 5.28 Å². The van der Waals surface area contributed by atoms with Gasteiger partial charge in [0.05, 0.1) is 6.10 Å². The molecule has 0 unspecified atom stereocenters. The van der Waals surface area contributed by atoms with E-state index in [1.807, 2.05) is 13.8 Å². The lowest BCUT2D eigenvalue weighted by molar-refractivity contribution is 0.222. The van der Waals surface area contributed by atoms with E-state index in [9.17, 15) is 0 Å². The van der Waals surface area contributed by atoms with Crippen molar-refractivity contribution in [3.63, 3.8) is 0 Å². The highest BCUT2D eigenvalue weighted by Crippen LogP contribution is 2.49. The van der Waals surface area contributed by atoms with E-state index >= 15 is 0 Å². The van der Waals surface area contributed by atoms with E-state index in [2.05, 4.69) is 27.2 Å². The van der Waals surface area contributed by atoms with Crippen LogP contribution < -0.4 is 10.1 Å². The molecule has 0 bridgehead atoms. The summed E-state index contributed by atoms with van der Waals surface area (Å²) in [5.41, 5.74) is 0.437. The zero-order chi connectivity index (χ0) is 13.9. The van der Waals surface area contributed by atoms with Gasteiger partial charge in [0.25, 0.3) is 0 Å². The van der Waals surface area contributed by atoms with Crippen LogP contribution in [0.4, 0.5) is 5.95 Å². The highest BCUT2D eigenvalue weighted by Gasteiger charge is 2.41. The summed E-state index contributed by atoms with van der Waals surface area (Å²) in [6.07, 6.45) is 5.03. The molecular weight excluding hydrogens is 264 g/mol. The maximum Gasteiger partial charge on any atom is 0.322 e. The second kappa shape index (κ2) is 5.90. The third-order valence-corrected chi connectivity index (χ3v) is 3.46. The van der Waals surface area contributed by atoms with Crippen molar-refractivity contribution in [3.8, 4) is 6.01 Å². The van der Waals surface area contributed by atoms with Crippen molar-refractivity contribution in [1.29, 1.82) is 0 Å². The number of halogens is 1. The van der Waals surface area contributed by atoms with Crippen LogP contribution in [0.5, 0.6) is 6.01 Å². The number of nitrogens with one attached hydrogen (secondary N) is 1. The summed E-state index contributed by atoms with van der Waals surface area (Å²) in [7, 11) is 0. The normalized spacial score (nSPS) is 16.5. The summed E-state index contributed by atoms with van der Waals surface area (Å²) in [6, 6.07) is 0.276. The van der Waals surface area contributed by atoms with Gasteiger partial charge in [0, 0.05) is 6.54 Å². The summed E-state index contributed by atoms with van der Waals surface area (Å²) >= 11 is 5.88. The summed E-state index contributed by atoms with van der Waals surface area (Å²) < 4.78 is 5.44. The minimum Gasteiger partial charge on any atom is -0.461 e. The van der Waals surface area contributed by atoms with Gasteiger partial charge in [-0.2, -0.15) is 15.0 Å². The van der Waals surface area contributed by atoms with Crippen molar-refractivity contribution in [2.75, 3.05) is 11.9 Å². The molecule has 0 spiro atoms. The van der Waals surface area contributed by atoms with E-state index in [1.54, 1.807) is 0 Å². The monoisotopic (exact) mass is 284 g/mol. The maximum atomic E-state index is 5.88. The molecule has 1 aromatic rings. The number of ether oxygens (including phenoxy) is 1. The molecule has 1 N–H and O–H groups in total. The van der Waals surface area contributed by atoms with Gasteiger partial charge in [-0.05, 0) is 50.1 Å². The molecule has 0 aromatic carbocycles. The van der Waals surface area contributed by atoms with Crippen LogP contribution in [0.2, 0.25) is 5.28 Å². The van der Waals surface area contributed by atoms with Crippen LogP contribution in [0.15, 0.2) is 0 Å². The minimum atomic E-state index is 0.0150. The van der Waals surface area contributed by atoms with Crippen molar-refractivity contribution in [1.82, 2.24) is 15.0 Å². The molecule has 1 saturated carbocycles. The molecule has 1 aliphatic carbocycles. The number of anilines is 1. The second-order valence-corrected chi connectivity index (χ2v) is 5.82. The smallest absolute Gasteiger partial charge is 0.322 e. The van der Waals surface area contributed by atoms with Gasteiger partial charge in [0.15, 0.2) is 0 Å². The molecule has 1 aliphatic rings. The first-order valence-electron chi connectivity index (χ1n) is 6.85. The lowest BCUT2D eigenvalue weighted by Crippen LogP contribution is -2.18. The van der Waals surface area contributed by atoms with Gasteiger partial charge in [-0.15, -0.1) is 0 Å². The standard InChI is InChI=1S/C13H21ClN4O/c1-4-5-13(6-7-13)8-15-11-16-10(14)17-12(18-11)19-9(2)3/h9H,4-8H2,1-3H3,(H,15,16,17,18). The van der Waals surface area contributed by atoms with Crippen molar-refractivity contribution in [2.45, 2.75) is 52.6 Å². The zero-order valence-corrected chi connectivity index (χ0v) is 12.5. The number of nitrogens with zero attached hydrogens (tertiary/aromatic N) is 3. The van der Waals surface area contributed by atoms with Crippen LogP contribution in [0, 0.1) is 5.41 Å². The fourth-order valence-corrected chi connectivity index (χ4v) is 2.32. The van der Waals surface area contributed by atoms with Crippen LogP contribution in [-0.2, 0) is 0 Å². The molecule has 6 heteroatoms. The molecule has 1 heterocycles. The molecule has 0 saturated heterocycles. The first-order valence-corrected chi connectivity index (χ1v) is 7.23. The molecule has 2 rings (SSSR count). The number of aromatic nitrogens is 3. The zero-order valence-electron chi connectivity index (χ0n) is 11.7. The number of hydrogen-bond donors (Lipinski definition) is 1. The Morgan fingerprint density at radius 2 is 2.05 bits per heavy atom. The van der Waals surface area contributed by atoms with E-state index in [1.165, 1.54) is 25.7 Å². The molecule has 1 fully saturated rings. The van der Waals surface area contributed by atoms with Gasteiger partial charge in [-0.1, -0.05) is 13.3 Å². The van der Waals surface area contributed by atoms with E-state index < -0.39 is 0 Å². The molecular formula is C13H21ClN4O. The molecule has 106 valence electrons. The molecule has 5 nitrogen and oxygen atoms in total. The Bertz CT molecular complexity index is 435. The Morgan fingerprint density at radius 1 is 1.32 bits per heavy atom. The Hall–Kier alpha value is -1.10. The molecule has 0 amide bonds. The molecule has 1 aromatic heterocycles. The van der Waals surface area contributed by atoms with Gasteiger partial charge in [0.1, 0.15) is 0 Å². The van der Waals surface area contributed by atoms with Crippen LogP contribution in [0.1, 0.15) is 46.5 Å². The Morgan fingerprint density at radius 3 is 2.63 bits per heavy atom. The van der Waals surface area contributed by atoms with Crippen LogP contribution in [0.3, 0.4) is 0 Å². The molecule has 0 atom stereocenters. The van der Waals surface area contributed by atoms with Crippen LogP contribution in [-0.4, -0.2) is 27.6 Å². The van der Waals surface area contributed by atoms with Crippen molar-refractivity contribution in [2.24, 2.45) is 5.41 Å². The predicted molar refractivity (Wildman–Crippen MR) is 75.7 cm³/mol. The topological polar surface area (TPSA) is 59.9 Å². The fraction of sp³-hybridized carbons (Fsp3) is 0.769. The highest BCUT2D eigenvalue weighted by atomic mass is 35.5. The van der Waals surface area contributed by atoms with Gasteiger partial charge in [-0.3, -0.25) is 0 Å². The molecule has 19 heavy (non-hydrogen) atoms. The van der Waals surface area contributed by atoms with Gasteiger partial charge >= 0.3 is 6.01 Å².